The van der Waals surface area contributed by atoms with Crippen LogP contribution in [0.4, 0.5) is 0 Å². The molecule has 1 unspecified atom stereocenters. The molecular weight excluding hydrogens is 315 g/mol. The van der Waals surface area contributed by atoms with Gasteiger partial charge in [-0.3, -0.25) is 9.79 Å². The first-order valence-corrected chi connectivity index (χ1v) is 6.32. The molecule has 0 bridgehead atoms. The molecule has 0 saturated heterocycles. The highest BCUT2D eigenvalue weighted by Crippen LogP contribution is 2.24. The molecule has 0 fully saturated rings. The molecule has 16 heavy (non-hydrogen) atoms. The minimum absolute atomic E-state index is 0.0267. The van der Waals surface area contributed by atoms with E-state index in [9.17, 15) is 4.79 Å². The number of carbonyl (C=O) groups excluding carboxylic acids is 1. The molecule has 1 rings (SSSR count). The van der Waals surface area contributed by atoms with Gasteiger partial charge in [0, 0.05) is 12.8 Å². The number of hydrogen-bond acceptors (Lipinski definition) is 2. The molecule has 0 N–H and O–H groups in total. The standard InChI is InChI=1S/C12H15IN2O/c1-4-7-14-11-10(5-2)6-8-15(9(3)13)12(11)16/h4-5,7,9H,1-2,6,8H2,3H3. The minimum atomic E-state index is -0.0267. The Balaban J connectivity index is 3.07. The largest absolute Gasteiger partial charge is 0.325 e. The number of hydrogen-bond donors (Lipinski definition) is 0. The van der Waals surface area contributed by atoms with Gasteiger partial charge in [0.15, 0.2) is 0 Å². The Morgan fingerprint density at radius 3 is 2.75 bits per heavy atom. The maximum Gasteiger partial charge on any atom is 0.273 e. The van der Waals surface area contributed by atoms with Crippen molar-refractivity contribution < 1.29 is 4.79 Å². The first kappa shape index (κ1) is 13.2. The Morgan fingerprint density at radius 2 is 2.25 bits per heavy atom. The summed E-state index contributed by atoms with van der Waals surface area (Å²) in [6.07, 6.45) is 5.63. The van der Waals surface area contributed by atoms with Crippen LogP contribution >= 0.6 is 22.6 Å². The predicted molar refractivity (Wildman–Crippen MR) is 75.7 cm³/mol. The molecule has 0 radical (unpaired) electrons. The van der Waals surface area contributed by atoms with Crippen LogP contribution in [0.3, 0.4) is 0 Å². The number of nitrogens with zero attached hydrogens (tertiary/aromatic N) is 2. The van der Waals surface area contributed by atoms with Crippen molar-refractivity contribution in [3.8, 4) is 0 Å². The summed E-state index contributed by atoms with van der Waals surface area (Å²) in [6, 6.07) is 0. The molecule has 0 aromatic rings. The molecule has 4 heteroatoms. The highest BCUT2D eigenvalue weighted by Gasteiger charge is 2.27. The zero-order valence-electron chi connectivity index (χ0n) is 9.32. The second-order valence-corrected chi connectivity index (χ2v) is 5.22. The fourth-order valence-electron chi connectivity index (χ4n) is 1.54. The zero-order chi connectivity index (χ0) is 12.1. The van der Waals surface area contributed by atoms with Crippen molar-refractivity contribution >= 4 is 34.7 Å². The molecule has 1 atom stereocenters. The van der Waals surface area contributed by atoms with E-state index in [0.717, 1.165) is 18.5 Å². The molecule has 1 aliphatic rings. The van der Waals surface area contributed by atoms with Crippen molar-refractivity contribution in [2.75, 3.05) is 6.54 Å². The maximum atomic E-state index is 12.1. The van der Waals surface area contributed by atoms with Crippen molar-refractivity contribution in [1.82, 2.24) is 4.90 Å². The zero-order valence-corrected chi connectivity index (χ0v) is 11.5. The quantitative estimate of drug-likeness (QED) is 0.338. The first-order chi connectivity index (χ1) is 7.61. The Kier molecular flexibility index (Phi) is 4.92. The van der Waals surface area contributed by atoms with Gasteiger partial charge in [0.25, 0.3) is 5.91 Å². The third-order valence-corrected chi connectivity index (χ3v) is 3.05. The van der Waals surface area contributed by atoms with Crippen molar-refractivity contribution in [1.29, 1.82) is 0 Å². The van der Waals surface area contributed by atoms with Crippen molar-refractivity contribution in [3.63, 3.8) is 0 Å². The lowest BCUT2D eigenvalue weighted by Gasteiger charge is -2.30. The van der Waals surface area contributed by atoms with E-state index in [0.29, 0.717) is 5.70 Å². The van der Waals surface area contributed by atoms with Crippen molar-refractivity contribution in [2.24, 2.45) is 4.99 Å². The van der Waals surface area contributed by atoms with Gasteiger partial charge in [-0.1, -0.05) is 47.9 Å². The summed E-state index contributed by atoms with van der Waals surface area (Å²) < 4.78 is 0.172. The van der Waals surface area contributed by atoms with Crippen molar-refractivity contribution in [3.05, 3.63) is 36.6 Å². The number of allylic oxidation sites excluding steroid dienone is 2. The predicted octanol–water partition coefficient (Wildman–Crippen LogP) is 2.70. The van der Waals surface area contributed by atoms with E-state index < -0.39 is 0 Å². The molecule has 3 nitrogen and oxygen atoms in total. The van der Waals surface area contributed by atoms with Crippen LogP contribution in [-0.4, -0.2) is 27.6 Å². The van der Waals surface area contributed by atoms with E-state index in [1.54, 1.807) is 12.2 Å². The van der Waals surface area contributed by atoms with Gasteiger partial charge >= 0.3 is 0 Å². The molecule has 86 valence electrons. The molecule has 1 amide bonds. The van der Waals surface area contributed by atoms with Crippen molar-refractivity contribution in [2.45, 2.75) is 17.4 Å². The SMILES string of the molecule is C=CC=NC1=C(C=C)CCN(C(C)I)C1=O. The van der Waals surface area contributed by atoms with Crippen LogP contribution in [0.5, 0.6) is 0 Å². The van der Waals surface area contributed by atoms with E-state index in [-0.39, 0.29) is 9.96 Å². The monoisotopic (exact) mass is 330 g/mol. The second-order valence-electron chi connectivity index (χ2n) is 3.41. The van der Waals surface area contributed by atoms with Gasteiger partial charge in [0.2, 0.25) is 0 Å². The van der Waals surface area contributed by atoms with E-state index in [1.807, 2.05) is 11.8 Å². The summed E-state index contributed by atoms with van der Waals surface area (Å²) in [6.45, 7) is 9.99. The van der Waals surface area contributed by atoms with Crippen LogP contribution < -0.4 is 0 Å². The molecule has 1 heterocycles. The Morgan fingerprint density at radius 1 is 1.56 bits per heavy atom. The molecule has 0 spiro atoms. The summed E-state index contributed by atoms with van der Waals surface area (Å²) in [4.78, 5) is 18.1. The summed E-state index contributed by atoms with van der Waals surface area (Å²) in [5, 5.41) is 0. The first-order valence-electron chi connectivity index (χ1n) is 5.07. The van der Waals surface area contributed by atoms with Crippen LogP contribution in [0.15, 0.2) is 41.6 Å². The number of amides is 1. The fourth-order valence-corrected chi connectivity index (χ4v) is 2.07. The van der Waals surface area contributed by atoms with Crippen LogP contribution in [0.1, 0.15) is 13.3 Å². The number of alkyl halides is 1. The van der Waals surface area contributed by atoms with Gasteiger partial charge in [-0.25, -0.2) is 0 Å². The normalized spacial score (nSPS) is 19.1. The minimum Gasteiger partial charge on any atom is -0.325 e. The smallest absolute Gasteiger partial charge is 0.273 e. The Hall–Kier alpha value is -0.910. The third kappa shape index (κ3) is 2.81. The molecular formula is C12H15IN2O. The average Bonchev–Trinajstić information content (AvgIpc) is 2.26. The fraction of sp³-hybridized carbons (Fsp3) is 0.333. The van der Waals surface area contributed by atoms with Crippen LogP contribution in [0.2, 0.25) is 0 Å². The number of carbonyl (C=O) groups is 1. The van der Waals surface area contributed by atoms with Crippen LogP contribution in [0, 0.1) is 0 Å². The summed E-state index contributed by atoms with van der Waals surface area (Å²) in [5.74, 6) is -0.0267. The lowest BCUT2D eigenvalue weighted by atomic mass is 10.0. The Labute approximate surface area is 110 Å². The lowest BCUT2D eigenvalue weighted by Crippen LogP contribution is -2.40. The highest BCUT2D eigenvalue weighted by molar-refractivity contribution is 14.1. The number of halogens is 1. The summed E-state index contributed by atoms with van der Waals surface area (Å²) >= 11 is 2.23. The van der Waals surface area contributed by atoms with E-state index in [2.05, 4.69) is 40.7 Å². The second kappa shape index (κ2) is 5.98. The number of rotatable bonds is 4. The average molecular weight is 330 g/mol. The van der Waals surface area contributed by atoms with E-state index >= 15 is 0 Å². The maximum absolute atomic E-state index is 12.1. The number of aliphatic imine (C=N–C) groups is 1. The summed E-state index contributed by atoms with van der Waals surface area (Å²) in [7, 11) is 0. The highest BCUT2D eigenvalue weighted by atomic mass is 127. The van der Waals surface area contributed by atoms with Gasteiger partial charge in [-0.15, -0.1) is 0 Å². The molecule has 1 aliphatic heterocycles. The van der Waals surface area contributed by atoms with Gasteiger partial charge in [0.1, 0.15) is 5.70 Å². The van der Waals surface area contributed by atoms with Gasteiger partial charge < -0.3 is 4.90 Å². The third-order valence-electron chi connectivity index (χ3n) is 2.37. The van der Waals surface area contributed by atoms with Crippen LogP contribution in [0.25, 0.3) is 0 Å². The summed E-state index contributed by atoms with van der Waals surface area (Å²) in [5.41, 5.74) is 1.40. The van der Waals surface area contributed by atoms with Gasteiger partial charge in [0.05, 0.1) is 4.05 Å². The molecule has 0 aliphatic carbocycles. The Bertz CT molecular complexity index is 369. The lowest BCUT2D eigenvalue weighted by molar-refractivity contribution is -0.128. The van der Waals surface area contributed by atoms with Gasteiger partial charge in [-0.2, -0.15) is 0 Å². The molecule has 0 aromatic carbocycles. The molecule has 0 aromatic heterocycles. The topological polar surface area (TPSA) is 32.7 Å². The van der Waals surface area contributed by atoms with E-state index in [1.165, 1.54) is 6.21 Å². The van der Waals surface area contributed by atoms with Gasteiger partial charge in [-0.05, 0) is 18.9 Å². The van der Waals surface area contributed by atoms with E-state index in [4.69, 9.17) is 0 Å². The van der Waals surface area contributed by atoms with Crippen LogP contribution in [-0.2, 0) is 4.79 Å². The molecule has 0 saturated carbocycles.